The lowest BCUT2D eigenvalue weighted by Crippen LogP contribution is -1.72. The lowest BCUT2D eigenvalue weighted by Gasteiger charge is -1.86. The molecule has 2 aromatic rings. The van der Waals surface area contributed by atoms with E-state index in [9.17, 15) is 0 Å². The van der Waals surface area contributed by atoms with E-state index in [1.54, 1.807) is 0 Å². The standard InChI is InChI=1S/C9H9N3O2S/c1-6-2-3-7(14-6)4-10-12-9-11-8(13)5-15-9/h2-3,5,13H,4H2,1H3. The van der Waals surface area contributed by atoms with Gasteiger partial charge in [-0.15, -0.1) is 5.11 Å². The molecule has 0 aliphatic heterocycles. The summed E-state index contributed by atoms with van der Waals surface area (Å²) in [4.78, 5) is 3.73. The Morgan fingerprint density at radius 3 is 3.00 bits per heavy atom. The van der Waals surface area contributed by atoms with Crippen molar-refractivity contribution in [3.63, 3.8) is 0 Å². The van der Waals surface area contributed by atoms with Crippen LogP contribution in [0.5, 0.6) is 5.88 Å². The van der Waals surface area contributed by atoms with Crippen molar-refractivity contribution < 1.29 is 9.52 Å². The average molecular weight is 223 g/mol. The van der Waals surface area contributed by atoms with Gasteiger partial charge in [0.25, 0.3) is 0 Å². The molecule has 2 heterocycles. The minimum Gasteiger partial charge on any atom is -0.493 e. The van der Waals surface area contributed by atoms with Crippen molar-refractivity contribution in [2.45, 2.75) is 13.5 Å². The minimum absolute atomic E-state index is 0.0252. The first-order valence-electron chi connectivity index (χ1n) is 4.31. The molecule has 6 heteroatoms. The van der Waals surface area contributed by atoms with Crippen LogP contribution in [0.3, 0.4) is 0 Å². The minimum atomic E-state index is -0.0252. The molecule has 78 valence electrons. The van der Waals surface area contributed by atoms with Crippen LogP contribution in [0.4, 0.5) is 5.13 Å². The second-order valence-corrected chi connectivity index (χ2v) is 3.74. The quantitative estimate of drug-likeness (QED) is 0.813. The van der Waals surface area contributed by atoms with Crippen LogP contribution in [0.25, 0.3) is 0 Å². The average Bonchev–Trinajstić information content (AvgIpc) is 2.76. The van der Waals surface area contributed by atoms with Crippen molar-refractivity contribution in [3.8, 4) is 5.88 Å². The lowest BCUT2D eigenvalue weighted by atomic mass is 10.4. The number of thiazole rings is 1. The summed E-state index contributed by atoms with van der Waals surface area (Å²) >= 11 is 1.24. The Kier molecular flexibility index (Phi) is 2.77. The van der Waals surface area contributed by atoms with Gasteiger partial charge in [-0.3, -0.25) is 0 Å². The topological polar surface area (TPSA) is 71.0 Å². The second kappa shape index (κ2) is 4.22. The first-order valence-corrected chi connectivity index (χ1v) is 5.19. The molecule has 15 heavy (non-hydrogen) atoms. The van der Waals surface area contributed by atoms with Crippen molar-refractivity contribution in [2.24, 2.45) is 10.2 Å². The third-order valence-corrected chi connectivity index (χ3v) is 2.37. The van der Waals surface area contributed by atoms with Gasteiger partial charge in [-0.05, 0) is 19.1 Å². The number of hydrogen-bond donors (Lipinski definition) is 1. The zero-order chi connectivity index (χ0) is 10.7. The monoisotopic (exact) mass is 223 g/mol. The molecule has 2 rings (SSSR count). The number of hydrogen-bond acceptors (Lipinski definition) is 6. The Morgan fingerprint density at radius 2 is 2.40 bits per heavy atom. The Bertz CT molecular complexity index is 475. The van der Waals surface area contributed by atoms with Gasteiger partial charge in [0.15, 0.2) is 0 Å². The zero-order valence-corrected chi connectivity index (χ0v) is 8.86. The largest absolute Gasteiger partial charge is 0.493 e. The summed E-state index contributed by atoms with van der Waals surface area (Å²) in [5.41, 5.74) is 0. The van der Waals surface area contributed by atoms with E-state index in [-0.39, 0.29) is 5.88 Å². The maximum atomic E-state index is 8.95. The molecule has 0 spiro atoms. The molecule has 0 saturated heterocycles. The molecule has 2 aromatic heterocycles. The SMILES string of the molecule is Cc1ccc(CN=Nc2nc(O)cs2)o1. The Morgan fingerprint density at radius 1 is 1.53 bits per heavy atom. The van der Waals surface area contributed by atoms with Crippen LogP contribution in [-0.2, 0) is 6.54 Å². The summed E-state index contributed by atoms with van der Waals surface area (Å²) in [6.07, 6.45) is 0. The van der Waals surface area contributed by atoms with Crippen molar-refractivity contribution in [3.05, 3.63) is 29.0 Å². The second-order valence-electron chi connectivity index (χ2n) is 2.90. The summed E-state index contributed by atoms with van der Waals surface area (Å²) in [5, 5.41) is 18.6. The fourth-order valence-electron chi connectivity index (χ4n) is 1.04. The van der Waals surface area contributed by atoms with E-state index in [0.29, 0.717) is 11.7 Å². The maximum absolute atomic E-state index is 8.95. The summed E-state index contributed by atoms with van der Waals surface area (Å²) < 4.78 is 5.31. The van der Waals surface area contributed by atoms with Gasteiger partial charge < -0.3 is 9.52 Å². The number of aryl methyl sites for hydroxylation is 1. The van der Waals surface area contributed by atoms with Gasteiger partial charge in [0, 0.05) is 0 Å². The normalized spacial score (nSPS) is 11.3. The van der Waals surface area contributed by atoms with Crippen LogP contribution in [0.15, 0.2) is 32.2 Å². The van der Waals surface area contributed by atoms with E-state index >= 15 is 0 Å². The molecule has 1 N–H and O–H groups in total. The van der Waals surface area contributed by atoms with Crippen LogP contribution < -0.4 is 0 Å². The van der Waals surface area contributed by atoms with Crippen LogP contribution >= 0.6 is 11.3 Å². The van der Waals surface area contributed by atoms with E-state index in [4.69, 9.17) is 9.52 Å². The van der Waals surface area contributed by atoms with Crippen molar-refractivity contribution in [1.29, 1.82) is 0 Å². The number of azo groups is 1. The van der Waals surface area contributed by atoms with Crippen LogP contribution in [0.2, 0.25) is 0 Å². The highest BCUT2D eigenvalue weighted by Gasteiger charge is 1.98. The Balaban J connectivity index is 1.96. The molecule has 0 saturated carbocycles. The Hall–Kier alpha value is -1.69. The highest BCUT2D eigenvalue weighted by Crippen LogP contribution is 2.22. The van der Waals surface area contributed by atoms with Gasteiger partial charge >= 0.3 is 0 Å². The number of nitrogens with zero attached hydrogens (tertiary/aromatic N) is 3. The van der Waals surface area contributed by atoms with Gasteiger partial charge in [0.05, 0.1) is 5.38 Å². The van der Waals surface area contributed by atoms with Gasteiger partial charge in [0.2, 0.25) is 11.0 Å². The van der Waals surface area contributed by atoms with Crippen molar-refractivity contribution in [1.82, 2.24) is 4.98 Å². The van der Waals surface area contributed by atoms with E-state index < -0.39 is 0 Å². The summed E-state index contributed by atoms with van der Waals surface area (Å²) in [6, 6.07) is 3.73. The van der Waals surface area contributed by atoms with Gasteiger partial charge in [0.1, 0.15) is 18.1 Å². The lowest BCUT2D eigenvalue weighted by molar-refractivity contribution is 0.457. The Labute approximate surface area is 90.1 Å². The van der Waals surface area contributed by atoms with Crippen LogP contribution in [0.1, 0.15) is 11.5 Å². The van der Waals surface area contributed by atoms with E-state index in [2.05, 4.69) is 15.2 Å². The number of aromatic nitrogens is 1. The molecule has 0 aliphatic carbocycles. The van der Waals surface area contributed by atoms with Crippen molar-refractivity contribution >= 4 is 16.5 Å². The molecule has 0 aromatic carbocycles. The third-order valence-electron chi connectivity index (χ3n) is 1.66. The molecular weight excluding hydrogens is 214 g/mol. The van der Waals surface area contributed by atoms with Crippen molar-refractivity contribution in [2.75, 3.05) is 0 Å². The van der Waals surface area contributed by atoms with Crippen LogP contribution in [0, 0.1) is 6.92 Å². The molecule has 0 unspecified atom stereocenters. The molecule has 0 amide bonds. The number of aromatic hydroxyl groups is 1. The molecule has 5 nitrogen and oxygen atoms in total. The molecule has 0 atom stereocenters. The first kappa shape index (κ1) is 9.85. The predicted octanol–water partition coefficient (Wildman–Crippen LogP) is 3.03. The number of rotatable bonds is 3. The summed E-state index contributed by atoms with van der Waals surface area (Å²) in [5.74, 6) is 1.59. The van der Waals surface area contributed by atoms with E-state index in [1.807, 2.05) is 19.1 Å². The molecule has 0 bridgehead atoms. The highest BCUT2D eigenvalue weighted by molar-refractivity contribution is 7.13. The molecule has 0 fully saturated rings. The number of furan rings is 1. The van der Waals surface area contributed by atoms with Crippen LogP contribution in [-0.4, -0.2) is 10.1 Å². The van der Waals surface area contributed by atoms with Gasteiger partial charge in [-0.2, -0.15) is 10.1 Å². The fourth-order valence-corrected chi connectivity index (χ4v) is 1.55. The molecule has 0 radical (unpaired) electrons. The first-order chi connectivity index (χ1) is 7.24. The fraction of sp³-hybridized carbons (Fsp3) is 0.222. The highest BCUT2D eigenvalue weighted by atomic mass is 32.1. The zero-order valence-electron chi connectivity index (χ0n) is 8.04. The van der Waals surface area contributed by atoms with E-state index in [0.717, 1.165) is 11.5 Å². The van der Waals surface area contributed by atoms with Gasteiger partial charge in [-0.1, -0.05) is 11.3 Å². The smallest absolute Gasteiger partial charge is 0.232 e. The van der Waals surface area contributed by atoms with E-state index in [1.165, 1.54) is 16.7 Å². The van der Waals surface area contributed by atoms with Gasteiger partial charge in [-0.25, -0.2) is 0 Å². The third kappa shape index (κ3) is 2.63. The summed E-state index contributed by atoms with van der Waals surface area (Å²) in [7, 11) is 0. The molecular formula is C9H9N3O2S. The maximum Gasteiger partial charge on any atom is 0.232 e. The predicted molar refractivity (Wildman–Crippen MR) is 55.4 cm³/mol. The molecule has 0 aliphatic rings. The summed E-state index contributed by atoms with van der Waals surface area (Å²) in [6.45, 7) is 2.26.